The van der Waals surface area contributed by atoms with Gasteiger partial charge in [-0.3, -0.25) is 9.59 Å². The summed E-state index contributed by atoms with van der Waals surface area (Å²) in [5.74, 6) is -0.108. The second-order valence-electron chi connectivity index (χ2n) is 3.70. The molecule has 0 aromatic rings. The van der Waals surface area contributed by atoms with Gasteiger partial charge in [0.25, 0.3) is 0 Å². The third-order valence-corrected chi connectivity index (χ3v) is 2.04. The lowest BCUT2D eigenvalue weighted by molar-refractivity contribution is -0.125. The second kappa shape index (κ2) is 19.1. The summed E-state index contributed by atoms with van der Waals surface area (Å²) >= 11 is 0. The first-order valence-electron chi connectivity index (χ1n) is 6.81. The number of unbranched alkanes of at least 4 members (excludes halogenated alkanes) is 1. The maximum Gasteiger partial charge on any atom is 0.217 e. The average molecular weight is 274 g/mol. The summed E-state index contributed by atoms with van der Waals surface area (Å²) in [4.78, 5) is 30.7. The maximum absolute atomic E-state index is 11.1. The van der Waals surface area contributed by atoms with E-state index in [9.17, 15) is 9.59 Å². The molecule has 0 aliphatic heterocycles. The summed E-state index contributed by atoms with van der Waals surface area (Å²) in [5, 5.41) is 5.69. The van der Waals surface area contributed by atoms with Crippen molar-refractivity contribution in [1.82, 2.24) is 10.6 Å². The molecule has 1 amide bonds. The number of rotatable bonds is 7. The predicted octanol–water partition coefficient (Wildman–Crippen LogP) is 1.70. The fraction of sp³-hybridized carbons (Fsp3) is 0.786. The number of carbonyl (C=O) groups excluding carboxylic acids is 3. The van der Waals surface area contributed by atoms with Crippen molar-refractivity contribution in [1.29, 1.82) is 0 Å². The minimum absolute atomic E-state index is 0.0321. The van der Waals surface area contributed by atoms with Gasteiger partial charge in [-0.25, -0.2) is 0 Å². The fourth-order valence-electron chi connectivity index (χ4n) is 1.27. The lowest BCUT2D eigenvalue weighted by Crippen LogP contribution is -2.38. The molecule has 114 valence electrons. The molecular formula is C14H30N2O3. The van der Waals surface area contributed by atoms with Gasteiger partial charge in [-0.05, 0) is 46.7 Å². The number of amides is 1. The smallest absolute Gasteiger partial charge is 0.217 e. The van der Waals surface area contributed by atoms with Crippen molar-refractivity contribution in [3.8, 4) is 0 Å². The van der Waals surface area contributed by atoms with E-state index < -0.39 is 0 Å². The summed E-state index contributed by atoms with van der Waals surface area (Å²) in [6.07, 6.45) is 3.46. The molecule has 0 saturated heterocycles. The second-order valence-corrected chi connectivity index (χ2v) is 3.70. The van der Waals surface area contributed by atoms with E-state index in [0.717, 1.165) is 32.1 Å². The fourth-order valence-corrected chi connectivity index (χ4v) is 1.27. The van der Waals surface area contributed by atoms with Crippen LogP contribution in [-0.4, -0.2) is 37.6 Å². The van der Waals surface area contributed by atoms with Crippen LogP contribution in [0.1, 0.15) is 53.9 Å². The van der Waals surface area contributed by atoms with Crippen molar-refractivity contribution in [2.75, 3.05) is 13.6 Å². The highest BCUT2D eigenvalue weighted by molar-refractivity contribution is 5.86. The van der Waals surface area contributed by atoms with Crippen molar-refractivity contribution < 1.29 is 14.4 Å². The molecule has 0 radical (unpaired) electrons. The number of carbonyl (C=O) groups is 3. The first-order valence-corrected chi connectivity index (χ1v) is 6.81. The van der Waals surface area contributed by atoms with Gasteiger partial charge in [0.2, 0.25) is 5.91 Å². The molecular weight excluding hydrogens is 244 g/mol. The van der Waals surface area contributed by atoms with Crippen LogP contribution < -0.4 is 10.6 Å². The van der Waals surface area contributed by atoms with Crippen molar-refractivity contribution in [2.45, 2.75) is 59.9 Å². The quantitative estimate of drug-likeness (QED) is 0.547. The molecule has 1 atom stereocenters. The zero-order valence-electron chi connectivity index (χ0n) is 13.2. The Bertz CT molecular complexity index is 231. The number of nitrogens with one attached hydrogen (secondary N) is 2. The number of aldehydes is 1. The number of hydrogen-bond acceptors (Lipinski definition) is 4. The molecule has 0 spiro atoms. The highest BCUT2D eigenvalue weighted by Gasteiger charge is 2.13. The third-order valence-electron chi connectivity index (χ3n) is 2.04. The molecule has 0 bridgehead atoms. The molecule has 0 heterocycles. The molecule has 0 fully saturated rings. The van der Waals surface area contributed by atoms with E-state index in [2.05, 4.69) is 10.6 Å². The lowest BCUT2D eigenvalue weighted by Gasteiger charge is -2.14. The van der Waals surface area contributed by atoms with E-state index in [4.69, 9.17) is 4.79 Å². The summed E-state index contributed by atoms with van der Waals surface area (Å²) in [7, 11) is 1.90. The Kier molecular flexibility index (Phi) is 23.1. The summed E-state index contributed by atoms with van der Waals surface area (Å²) in [6.45, 7) is 9.34. The van der Waals surface area contributed by atoms with Crippen molar-refractivity contribution in [3.05, 3.63) is 0 Å². The van der Waals surface area contributed by atoms with Crippen LogP contribution in [-0.2, 0) is 14.4 Å². The van der Waals surface area contributed by atoms with E-state index in [0.29, 0.717) is 0 Å². The van der Waals surface area contributed by atoms with Gasteiger partial charge in [0.05, 0.1) is 6.04 Å². The van der Waals surface area contributed by atoms with Gasteiger partial charge in [-0.1, -0.05) is 13.8 Å². The van der Waals surface area contributed by atoms with E-state index in [1.165, 1.54) is 20.8 Å². The van der Waals surface area contributed by atoms with Crippen LogP contribution in [0.4, 0.5) is 0 Å². The molecule has 0 aromatic carbocycles. The molecule has 1 unspecified atom stereocenters. The van der Waals surface area contributed by atoms with Crippen LogP contribution >= 0.6 is 0 Å². The minimum atomic E-state index is -0.302. The van der Waals surface area contributed by atoms with Gasteiger partial charge in [-0.15, -0.1) is 0 Å². The molecule has 19 heavy (non-hydrogen) atoms. The maximum atomic E-state index is 11.1. The van der Waals surface area contributed by atoms with Crippen LogP contribution in [0.3, 0.4) is 0 Å². The molecule has 2 N–H and O–H groups in total. The predicted molar refractivity (Wildman–Crippen MR) is 79.1 cm³/mol. The summed E-state index contributed by atoms with van der Waals surface area (Å²) < 4.78 is 0. The topological polar surface area (TPSA) is 75.3 Å². The van der Waals surface area contributed by atoms with E-state index in [-0.39, 0.29) is 17.7 Å². The monoisotopic (exact) mass is 274 g/mol. The van der Waals surface area contributed by atoms with E-state index >= 15 is 0 Å². The van der Waals surface area contributed by atoms with E-state index in [1.807, 2.05) is 20.9 Å². The molecule has 5 heteroatoms. The molecule has 0 aliphatic carbocycles. The Morgan fingerprint density at radius 1 is 1.16 bits per heavy atom. The van der Waals surface area contributed by atoms with Gasteiger partial charge >= 0.3 is 0 Å². The van der Waals surface area contributed by atoms with Crippen molar-refractivity contribution in [2.24, 2.45) is 0 Å². The van der Waals surface area contributed by atoms with Gasteiger partial charge < -0.3 is 15.4 Å². The van der Waals surface area contributed by atoms with Gasteiger partial charge in [0, 0.05) is 6.92 Å². The Labute approximate surface area is 117 Å². The zero-order chi connectivity index (χ0) is 15.7. The molecule has 5 nitrogen and oxygen atoms in total. The Morgan fingerprint density at radius 2 is 1.63 bits per heavy atom. The summed E-state index contributed by atoms with van der Waals surface area (Å²) in [6, 6.07) is -0.302. The van der Waals surface area contributed by atoms with Crippen LogP contribution in [0.5, 0.6) is 0 Å². The highest BCUT2D eigenvalue weighted by Crippen LogP contribution is 2.01. The lowest BCUT2D eigenvalue weighted by atomic mass is 10.1. The first-order chi connectivity index (χ1) is 8.99. The van der Waals surface area contributed by atoms with Gasteiger partial charge in [-0.2, -0.15) is 0 Å². The highest BCUT2D eigenvalue weighted by atomic mass is 16.2. The molecule has 0 rings (SSSR count). The van der Waals surface area contributed by atoms with Crippen LogP contribution in [0.2, 0.25) is 0 Å². The van der Waals surface area contributed by atoms with Crippen LogP contribution in [0.25, 0.3) is 0 Å². The average Bonchev–Trinajstić information content (AvgIpc) is 2.36. The SMILES string of the molecule is CC.CC=O.CNCCCCC(NC(C)=O)C(C)=O. The van der Waals surface area contributed by atoms with E-state index in [1.54, 1.807) is 0 Å². The minimum Gasteiger partial charge on any atom is -0.347 e. The Balaban J connectivity index is -0.000000445. The number of ketones is 1. The molecule has 0 aromatic heterocycles. The number of Topliss-reactive ketones (excluding diaryl/α,β-unsaturated/α-hetero) is 1. The first kappa shape index (κ1) is 22.9. The van der Waals surface area contributed by atoms with Crippen LogP contribution in [0, 0.1) is 0 Å². The van der Waals surface area contributed by atoms with Crippen molar-refractivity contribution >= 4 is 18.0 Å². The van der Waals surface area contributed by atoms with Gasteiger partial charge in [0.1, 0.15) is 6.29 Å². The summed E-state index contributed by atoms with van der Waals surface area (Å²) in [5.41, 5.74) is 0. The third kappa shape index (κ3) is 22.4. The normalized spacial score (nSPS) is 10.0. The van der Waals surface area contributed by atoms with Crippen LogP contribution in [0.15, 0.2) is 0 Å². The molecule has 0 aliphatic rings. The Hall–Kier alpha value is -1.23. The zero-order valence-corrected chi connectivity index (χ0v) is 13.2. The van der Waals surface area contributed by atoms with Crippen molar-refractivity contribution in [3.63, 3.8) is 0 Å². The number of hydrogen-bond donors (Lipinski definition) is 2. The largest absolute Gasteiger partial charge is 0.347 e. The Morgan fingerprint density at radius 3 is 1.95 bits per heavy atom. The molecule has 0 saturated carbocycles. The van der Waals surface area contributed by atoms with Gasteiger partial charge in [0.15, 0.2) is 5.78 Å². The standard InChI is InChI=1S/C10H20N2O2.C2H4O.C2H6/c1-8(13)10(12-9(2)14)6-4-5-7-11-3;1-2-3;1-2/h10-11H,4-7H2,1-3H3,(H,12,14);2H,1H3;1-2H3.